The van der Waals surface area contributed by atoms with Crippen molar-refractivity contribution in [1.82, 2.24) is 0 Å². The smallest absolute Gasteiger partial charge is 0.0491 e. The third-order valence-corrected chi connectivity index (χ3v) is 23.2. The average Bonchev–Trinajstić information content (AvgIpc) is 0.795. The molecule has 0 saturated carbocycles. The van der Waals surface area contributed by atoms with Crippen LogP contribution < -0.4 is 29.4 Å². The largest absolute Gasteiger partial charge is 0.311 e. The minimum absolute atomic E-state index is 1.01. The van der Waals surface area contributed by atoms with Gasteiger partial charge in [-0.1, -0.05) is 243 Å². The predicted octanol–water partition coefficient (Wildman–Crippen LogP) is 34.5. The molecule has 0 aliphatic carbocycles. The van der Waals surface area contributed by atoms with Crippen LogP contribution in [0.15, 0.2) is 443 Å². The highest BCUT2D eigenvalue weighted by atomic mass is 15.2. The zero-order valence-electron chi connectivity index (χ0n) is 74.0. The summed E-state index contributed by atoms with van der Waals surface area (Å²) in [5, 5.41) is 0. The summed E-state index contributed by atoms with van der Waals surface area (Å²) in [5.41, 5.74) is 41.8. The summed E-state index contributed by atoms with van der Waals surface area (Å²) in [6.45, 7) is 23.8. The van der Waals surface area contributed by atoms with E-state index in [-0.39, 0.29) is 0 Å². The molecule has 18 rings (SSSR count). The minimum Gasteiger partial charge on any atom is -0.311 e. The van der Waals surface area contributed by atoms with Gasteiger partial charge in [0.15, 0.2) is 0 Å². The molecule has 0 bridgehead atoms. The van der Waals surface area contributed by atoms with Gasteiger partial charge in [0.1, 0.15) is 0 Å². The molecule has 0 atom stereocenters. The molecule has 0 fully saturated rings. The number of hydrogen-bond donors (Lipinski definition) is 0. The lowest BCUT2D eigenvalue weighted by Gasteiger charge is -2.28. The first kappa shape index (κ1) is 84.4. The number of para-hydroxylation sites is 4. The van der Waals surface area contributed by atoms with E-state index in [4.69, 9.17) is 0 Å². The van der Waals surface area contributed by atoms with Crippen LogP contribution in [0.5, 0.6) is 0 Å². The topological polar surface area (TPSA) is 19.4 Å². The number of rotatable bonds is 22. The Morgan fingerprint density at radius 3 is 0.619 bits per heavy atom. The Hall–Kier alpha value is -15.2. The molecule has 0 unspecified atom stereocenters. The van der Waals surface area contributed by atoms with Crippen molar-refractivity contribution in [3.05, 3.63) is 504 Å². The normalized spacial score (nSPS) is 10.8. The number of aryl methyl sites for hydroxylation is 11. The SMILES string of the molecule is CCc1cccc(N(c2ccc(-c3ccc(N(c4cccc(C)c4)c4cccc(C)c4)c(C)c3)cc2)c2cccc(C)c2)c1.Cc1ccc(N(c2ccccc2)c2ccc(-c3ccc(N(c4ccccc4)c4ccc(C)cc4)c(C)c3)cc2)cc1.Cc1cccc(N(c2ccccc2)c2ccc(-c3ccc(N(c4ccccc4)c4cccc(C)c4)c(C)c3)cc2)c1. The van der Waals surface area contributed by atoms with E-state index in [1.54, 1.807) is 0 Å². The minimum atomic E-state index is 1.01. The Balaban J connectivity index is 0.000000139. The molecule has 0 aromatic heterocycles. The summed E-state index contributed by atoms with van der Waals surface area (Å²) in [6.07, 6.45) is 1.01. The Morgan fingerprint density at radius 2 is 0.341 bits per heavy atom. The molecule has 18 aromatic carbocycles. The van der Waals surface area contributed by atoms with Crippen molar-refractivity contribution in [1.29, 1.82) is 0 Å². The van der Waals surface area contributed by atoms with E-state index in [0.717, 1.165) is 69.0 Å². The molecule has 0 heterocycles. The van der Waals surface area contributed by atoms with Crippen molar-refractivity contribution in [2.45, 2.75) is 82.6 Å². The zero-order chi connectivity index (χ0) is 87.0. The van der Waals surface area contributed by atoms with Crippen LogP contribution in [0.2, 0.25) is 0 Å². The zero-order valence-corrected chi connectivity index (χ0v) is 74.0. The third-order valence-electron chi connectivity index (χ3n) is 23.2. The van der Waals surface area contributed by atoms with Crippen LogP contribution in [0.1, 0.15) is 68.1 Å². The first-order chi connectivity index (χ1) is 61.5. The van der Waals surface area contributed by atoms with Crippen LogP contribution >= 0.6 is 0 Å². The molecular weight excluding hydrogens is 1530 g/mol. The first-order valence-corrected chi connectivity index (χ1v) is 43.7. The van der Waals surface area contributed by atoms with Gasteiger partial charge in [-0.3, -0.25) is 0 Å². The fraction of sp³-hybridized carbons (Fsp3) is 0.100. The predicted molar refractivity (Wildman–Crippen MR) is 540 cm³/mol. The van der Waals surface area contributed by atoms with Gasteiger partial charge in [0, 0.05) is 102 Å². The van der Waals surface area contributed by atoms with E-state index < -0.39 is 0 Å². The van der Waals surface area contributed by atoms with Gasteiger partial charge in [0.25, 0.3) is 0 Å². The quantitative estimate of drug-likeness (QED) is 0.0669. The van der Waals surface area contributed by atoms with Gasteiger partial charge in [0.05, 0.1) is 0 Å². The van der Waals surface area contributed by atoms with E-state index in [1.807, 2.05) is 0 Å². The van der Waals surface area contributed by atoms with Crippen molar-refractivity contribution >= 4 is 102 Å². The molecular formula is C120H108N6. The molecule has 0 radical (unpaired) electrons. The van der Waals surface area contributed by atoms with Gasteiger partial charge in [-0.15, -0.1) is 0 Å². The number of hydrogen-bond acceptors (Lipinski definition) is 6. The number of benzene rings is 18. The van der Waals surface area contributed by atoms with Crippen molar-refractivity contribution in [3.8, 4) is 33.4 Å². The summed E-state index contributed by atoms with van der Waals surface area (Å²) < 4.78 is 0. The molecule has 618 valence electrons. The molecule has 0 saturated heterocycles. The maximum Gasteiger partial charge on any atom is 0.0491 e. The van der Waals surface area contributed by atoms with Gasteiger partial charge >= 0.3 is 0 Å². The summed E-state index contributed by atoms with van der Waals surface area (Å²) in [7, 11) is 0. The Morgan fingerprint density at radius 1 is 0.143 bits per heavy atom. The van der Waals surface area contributed by atoms with Crippen LogP contribution in [0.3, 0.4) is 0 Å². The number of anilines is 18. The number of nitrogens with zero attached hydrogens (tertiary/aromatic N) is 6. The second-order valence-corrected chi connectivity index (χ2v) is 32.9. The monoisotopic (exact) mass is 1630 g/mol. The molecule has 0 aliphatic heterocycles. The lowest BCUT2D eigenvalue weighted by molar-refractivity contribution is 1.13. The molecule has 6 nitrogen and oxygen atoms in total. The Kier molecular flexibility index (Phi) is 26.3. The van der Waals surface area contributed by atoms with Crippen LogP contribution in [-0.4, -0.2) is 0 Å². The molecule has 126 heavy (non-hydrogen) atoms. The second-order valence-electron chi connectivity index (χ2n) is 32.9. The van der Waals surface area contributed by atoms with Crippen molar-refractivity contribution in [2.24, 2.45) is 0 Å². The highest BCUT2D eigenvalue weighted by molar-refractivity contribution is 5.88. The molecule has 6 heteroatoms. The maximum absolute atomic E-state index is 2.37. The highest BCUT2D eigenvalue weighted by Gasteiger charge is 2.23. The lowest BCUT2D eigenvalue weighted by atomic mass is 10.0. The molecule has 18 aromatic rings. The standard InChI is InChI=1S/C42H40N2.2C39H34N2/c1-6-34-14-10-18-41(29-34)43(38-15-7-11-30(2)25-38)37-22-19-35(20-23-37)36-21-24-42(33(5)28-36)44(39-16-8-12-31(3)26-39)40-17-9-13-32(4)27-40;1-29-12-10-18-37(26-29)40(34-14-6-4-7-15-34)36-23-20-32(21-24-36)33-22-25-39(31(3)28-33)41(35-16-8-5-9-17-35)38-19-11-13-30(2)27-38;1-29-14-21-36(22-15-29)40(34-10-6-4-7-11-34)37-25-18-32(19-26-37)33-20-27-39(31(3)28-33)41(35-12-8-5-9-13-35)38-23-16-30(2)17-24-38/h7-29H,6H2,1-5H3;2*4-28H,1-3H3. The maximum atomic E-state index is 2.37. The highest BCUT2D eigenvalue weighted by Crippen LogP contribution is 2.46. The van der Waals surface area contributed by atoms with E-state index in [1.165, 1.54) is 134 Å². The van der Waals surface area contributed by atoms with Crippen LogP contribution in [0, 0.1) is 69.2 Å². The molecule has 0 spiro atoms. The second kappa shape index (κ2) is 39.3. The van der Waals surface area contributed by atoms with Gasteiger partial charge in [0.2, 0.25) is 0 Å². The van der Waals surface area contributed by atoms with Crippen molar-refractivity contribution in [3.63, 3.8) is 0 Å². The van der Waals surface area contributed by atoms with E-state index in [0.29, 0.717) is 0 Å². The van der Waals surface area contributed by atoms with Gasteiger partial charge in [-0.25, -0.2) is 0 Å². The van der Waals surface area contributed by atoms with Crippen LogP contribution in [0.4, 0.5) is 102 Å². The summed E-state index contributed by atoms with van der Waals surface area (Å²) >= 11 is 0. The van der Waals surface area contributed by atoms with Crippen molar-refractivity contribution < 1.29 is 0 Å². The third kappa shape index (κ3) is 19.9. The molecule has 0 amide bonds. The van der Waals surface area contributed by atoms with Crippen LogP contribution in [0.25, 0.3) is 33.4 Å². The van der Waals surface area contributed by atoms with Gasteiger partial charge in [-0.05, 0) is 377 Å². The van der Waals surface area contributed by atoms with Gasteiger partial charge in [-0.2, -0.15) is 0 Å². The summed E-state index contributed by atoms with van der Waals surface area (Å²) in [4.78, 5) is 14.0. The molecule has 0 N–H and O–H groups in total. The van der Waals surface area contributed by atoms with Gasteiger partial charge < -0.3 is 29.4 Å². The van der Waals surface area contributed by atoms with E-state index in [2.05, 4.69) is 548 Å². The summed E-state index contributed by atoms with van der Waals surface area (Å²) in [6, 6.07) is 159. The average molecular weight is 1630 g/mol. The Labute approximate surface area is 746 Å². The summed E-state index contributed by atoms with van der Waals surface area (Å²) in [5.74, 6) is 0. The lowest BCUT2D eigenvalue weighted by Crippen LogP contribution is -2.11. The van der Waals surface area contributed by atoms with E-state index >= 15 is 0 Å². The fourth-order valence-electron chi connectivity index (χ4n) is 16.7. The first-order valence-electron chi connectivity index (χ1n) is 43.7. The van der Waals surface area contributed by atoms with E-state index in [9.17, 15) is 0 Å². The van der Waals surface area contributed by atoms with Crippen LogP contribution in [-0.2, 0) is 6.42 Å². The fourth-order valence-corrected chi connectivity index (χ4v) is 16.7. The Bertz CT molecular complexity index is 6620. The van der Waals surface area contributed by atoms with Crippen molar-refractivity contribution in [2.75, 3.05) is 29.4 Å². The molecule has 0 aliphatic rings.